The molecule has 88 valence electrons. The lowest BCUT2D eigenvalue weighted by Gasteiger charge is -2.07. The fourth-order valence-corrected chi connectivity index (χ4v) is 1.97. The fourth-order valence-electron chi connectivity index (χ4n) is 1.36. The Morgan fingerprint density at radius 2 is 1.71 bits per heavy atom. The lowest BCUT2D eigenvalue weighted by molar-refractivity contribution is 0.281. The molecule has 17 heavy (non-hydrogen) atoms. The molecule has 0 unspecified atom stereocenters. The summed E-state index contributed by atoms with van der Waals surface area (Å²) in [5.74, 6) is 1.43. The first-order valence-corrected chi connectivity index (χ1v) is 6.19. The highest BCUT2D eigenvalue weighted by Gasteiger charge is 2.02. The molecule has 0 bridgehead atoms. The third kappa shape index (κ3) is 3.22. The van der Waals surface area contributed by atoms with Crippen LogP contribution in [0.3, 0.4) is 0 Å². The lowest BCUT2D eigenvalue weighted by Crippen LogP contribution is -1.88. The molecule has 0 spiro atoms. The van der Waals surface area contributed by atoms with Crippen LogP contribution in [-0.2, 0) is 6.61 Å². The zero-order valence-electron chi connectivity index (χ0n) is 8.86. The minimum absolute atomic E-state index is 0.00179. The molecule has 4 heteroatoms. The molecule has 0 radical (unpaired) electrons. The molecule has 0 aliphatic heterocycles. The Kier molecular flexibility index (Phi) is 4.05. The summed E-state index contributed by atoms with van der Waals surface area (Å²) < 4.78 is 6.47. The molecule has 2 aromatic rings. The largest absolute Gasteiger partial charge is 0.457 e. The van der Waals surface area contributed by atoms with Gasteiger partial charge in [-0.05, 0) is 42.0 Å². The lowest BCUT2D eigenvalue weighted by atomic mass is 10.2. The highest BCUT2D eigenvalue weighted by molar-refractivity contribution is 9.10. The van der Waals surface area contributed by atoms with Crippen LogP contribution in [0.1, 0.15) is 5.56 Å². The maximum absolute atomic E-state index is 9.04. The Bertz CT molecular complexity index is 511. The van der Waals surface area contributed by atoms with Crippen LogP contribution in [0.2, 0.25) is 5.02 Å². The van der Waals surface area contributed by atoms with E-state index in [0.717, 1.165) is 15.8 Å². The number of hydrogen-bond acceptors (Lipinski definition) is 2. The molecule has 1 N–H and O–H groups in total. The van der Waals surface area contributed by atoms with Crippen molar-refractivity contribution in [2.24, 2.45) is 0 Å². The van der Waals surface area contributed by atoms with Gasteiger partial charge >= 0.3 is 0 Å². The first kappa shape index (κ1) is 12.4. The molecule has 0 saturated heterocycles. The molecule has 0 aliphatic carbocycles. The van der Waals surface area contributed by atoms with Crippen LogP contribution in [0, 0.1) is 0 Å². The van der Waals surface area contributed by atoms with Crippen molar-refractivity contribution in [2.45, 2.75) is 6.61 Å². The second-order valence-corrected chi connectivity index (χ2v) is 4.76. The number of rotatable bonds is 3. The summed E-state index contributed by atoms with van der Waals surface area (Å²) in [6, 6.07) is 12.6. The van der Waals surface area contributed by atoms with Crippen LogP contribution in [0.15, 0.2) is 46.9 Å². The van der Waals surface area contributed by atoms with Crippen LogP contribution >= 0.6 is 27.5 Å². The number of halogens is 2. The minimum atomic E-state index is 0.00179. The van der Waals surface area contributed by atoms with E-state index in [0.29, 0.717) is 10.8 Å². The third-order valence-electron chi connectivity index (χ3n) is 2.24. The summed E-state index contributed by atoms with van der Waals surface area (Å²) in [6.45, 7) is 0.00179. The van der Waals surface area contributed by atoms with Gasteiger partial charge in [0.2, 0.25) is 0 Å². The van der Waals surface area contributed by atoms with E-state index >= 15 is 0 Å². The van der Waals surface area contributed by atoms with Crippen molar-refractivity contribution in [3.05, 3.63) is 57.5 Å². The topological polar surface area (TPSA) is 29.5 Å². The predicted octanol–water partition coefficient (Wildman–Crippen LogP) is 4.39. The van der Waals surface area contributed by atoms with Gasteiger partial charge in [-0.25, -0.2) is 0 Å². The summed E-state index contributed by atoms with van der Waals surface area (Å²) in [5.41, 5.74) is 0.827. The van der Waals surface area contributed by atoms with E-state index < -0.39 is 0 Å². The van der Waals surface area contributed by atoms with Gasteiger partial charge in [0.25, 0.3) is 0 Å². The van der Waals surface area contributed by atoms with Crippen molar-refractivity contribution in [3.8, 4) is 11.5 Å². The molecule has 0 fully saturated rings. The average molecular weight is 314 g/mol. The van der Waals surface area contributed by atoms with E-state index in [4.69, 9.17) is 21.4 Å². The normalized spacial score (nSPS) is 10.3. The number of ether oxygens (including phenoxy) is 1. The van der Waals surface area contributed by atoms with E-state index in [-0.39, 0.29) is 6.61 Å². The Hall–Kier alpha value is -1.03. The average Bonchev–Trinajstić information content (AvgIpc) is 2.32. The maximum atomic E-state index is 9.04. The van der Waals surface area contributed by atoms with Crippen LogP contribution < -0.4 is 4.74 Å². The second kappa shape index (κ2) is 5.54. The first-order chi connectivity index (χ1) is 8.19. The van der Waals surface area contributed by atoms with Crippen molar-refractivity contribution in [3.63, 3.8) is 0 Å². The molecule has 0 aliphatic rings. The van der Waals surface area contributed by atoms with E-state index in [2.05, 4.69) is 15.9 Å². The summed E-state index contributed by atoms with van der Waals surface area (Å²) >= 11 is 9.16. The fraction of sp³-hybridized carbons (Fsp3) is 0.0769. The number of benzene rings is 2. The predicted molar refractivity (Wildman–Crippen MR) is 71.6 cm³/mol. The Labute approximate surface area is 113 Å². The highest BCUT2D eigenvalue weighted by atomic mass is 79.9. The standard InChI is InChI=1S/C13H10BrClO2/c14-13-7-12(4-1-9(13)8-16)17-11-5-2-10(15)3-6-11/h1-7,16H,8H2. The Morgan fingerprint density at radius 1 is 1.06 bits per heavy atom. The van der Waals surface area contributed by atoms with Gasteiger partial charge in [-0.15, -0.1) is 0 Å². The number of aliphatic hydroxyl groups excluding tert-OH is 1. The summed E-state index contributed by atoms with van der Waals surface area (Å²) in [6.07, 6.45) is 0. The third-order valence-corrected chi connectivity index (χ3v) is 3.23. The summed E-state index contributed by atoms with van der Waals surface area (Å²) in [5, 5.41) is 9.72. The molecule has 0 heterocycles. The Balaban J connectivity index is 2.19. The van der Waals surface area contributed by atoms with Gasteiger partial charge in [0, 0.05) is 9.50 Å². The van der Waals surface area contributed by atoms with E-state index in [1.54, 1.807) is 24.3 Å². The quantitative estimate of drug-likeness (QED) is 0.911. The molecular weight excluding hydrogens is 303 g/mol. The van der Waals surface area contributed by atoms with Crippen LogP contribution in [0.4, 0.5) is 0 Å². The van der Waals surface area contributed by atoms with Crippen LogP contribution in [0.5, 0.6) is 11.5 Å². The van der Waals surface area contributed by atoms with Gasteiger partial charge in [0.15, 0.2) is 0 Å². The smallest absolute Gasteiger partial charge is 0.128 e. The second-order valence-electron chi connectivity index (χ2n) is 3.47. The van der Waals surface area contributed by atoms with E-state index in [1.807, 2.05) is 18.2 Å². The van der Waals surface area contributed by atoms with Crippen LogP contribution in [-0.4, -0.2) is 5.11 Å². The molecule has 2 nitrogen and oxygen atoms in total. The molecule has 0 atom stereocenters. The maximum Gasteiger partial charge on any atom is 0.128 e. The van der Waals surface area contributed by atoms with Gasteiger partial charge in [-0.1, -0.05) is 33.6 Å². The van der Waals surface area contributed by atoms with Crippen molar-refractivity contribution in [1.82, 2.24) is 0 Å². The minimum Gasteiger partial charge on any atom is -0.457 e. The van der Waals surface area contributed by atoms with Gasteiger partial charge in [-0.3, -0.25) is 0 Å². The summed E-state index contributed by atoms with van der Waals surface area (Å²) in [7, 11) is 0. The van der Waals surface area contributed by atoms with Crippen LogP contribution in [0.25, 0.3) is 0 Å². The molecule has 0 aromatic heterocycles. The van der Waals surface area contributed by atoms with Crippen molar-refractivity contribution in [1.29, 1.82) is 0 Å². The molecular formula is C13H10BrClO2. The molecule has 2 rings (SSSR count). The highest BCUT2D eigenvalue weighted by Crippen LogP contribution is 2.27. The summed E-state index contributed by atoms with van der Waals surface area (Å²) in [4.78, 5) is 0. The first-order valence-electron chi connectivity index (χ1n) is 5.02. The Morgan fingerprint density at radius 3 is 2.29 bits per heavy atom. The van der Waals surface area contributed by atoms with E-state index in [1.165, 1.54) is 0 Å². The van der Waals surface area contributed by atoms with Gasteiger partial charge < -0.3 is 9.84 Å². The van der Waals surface area contributed by atoms with Crippen molar-refractivity contribution in [2.75, 3.05) is 0 Å². The molecule has 2 aromatic carbocycles. The molecule has 0 amide bonds. The number of aliphatic hydroxyl groups is 1. The van der Waals surface area contributed by atoms with Crippen molar-refractivity contribution >= 4 is 27.5 Å². The van der Waals surface area contributed by atoms with E-state index in [9.17, 15) is 0 Å². The monoisotopic (exact) mass is 312 g/mol. The zero-order valence-corrected chi connectivity index (χ0v) is 11.2. The number of hydrogen-bond donors (Lipinski definition) is 1. The van der Waals surface area contributed by atoms with Crippen molar-refractivity contribution < 1.29 is 9.84 Å². The SMILES string of the molecule is OCc1ccc(Oc2ccc(Cl)cc2)cc1Br. The van der Waals surface area contributed by atoms with Gasteiger partial charge in [-0.2, -0.15) is 0 Å². The van der Waals surface area contributed by atoms with Gasteiger partial charge in [0.05, 0.1) is 6.61 Å². The van der Waals surface area contributed by atoms with Gasteiger partial charge in [0.1, 0.15) is 11.5 Å². The zero-order chi connectivity index (χ0) is 12.3. The molecule has 0 saturated carbocycles.